The molecule has 7 heteroatoms. The summed E-state index contributed by atoms with van der Waals surface area (Å²) in [4.78, 5) is 2.33. The maximum Gasteiger partial charge on any atom is 0.288 e. The van der Waals surface area contributed by atoms with Gasteiger partial charge in [0.05, 0.1) is 12.5 Å². The van der Waals surface area contributed by atoms with Crippen LogP contribution in [-0.2, 0) is 0 Å². The number of nitriles is 1. The van der Waals surface area contributed by atoms with Crippen molar-refractivity contribution in [2.75, 3.05) is 16.8 Å². The molecule has 1 N–H and O–H groups in total. The van der Waals surface area contributed by atoms with Crippen molar-refractivity contribution >= 4 is 40.5 Å². The third-order valence-corrected chi connectivity index (χ3v) is 4.14. The van der Waals surface area contributed by atoms with Crippen LogP contribution in [0.5, 0.6) is 0 Å². The topological polar surface area (TPSA) is 39.1 Å². The minimum Gasteiger partial charge on any atom is -0.332 e. The summed E-state index contributed by atoms with van der Waals surface area (Å²) < 4.78 is 24.7. The van der Waals surface area contributed by atoms with Crippen molar-refractivity contribution in [3.8, 4) is 6.07 Å². The third kappa shape index (κ3) is 5.48. The van der Waals surface area contributed by atoms with Gasteiger partial charge in [0.25, 0.3) is 5.76 Å². The molecule has 2 aromatic rings. The monoisotopic (exact) mass is 363 g/mol. The molecule has 0 bridgehead atoms. The summed E-state index contributed by atoms with van der Waals surface area (Å²) in [7, 11) is 0. The summed E-state index contributed by atoms with van der Waals surface area (Å²) in [6.07, 6.45) is 0.334. The van der Waals surface area contributed by atoms with Crippen LogP contribution in [-0.4, -0.2) is 17.4 Å². The van der Waals surface area contributed by atoms with E-state index in [2.05, 4.69) is 11.4 Å². The number of halogens is 2. The summed E-state index contributed by atoms with van der Waals surface area (Å²) in [6.45, 7) is 0.464. The van der Waals surface area contributed by atoms with Crippen LogP contribution in [0, 0.1) is 11.3 Å². The molecule has 0 atom stereocenters. The van der Waals surface area contributed by atoms with E-state index in [4.69, 9.17) is 17.5 Å². The summed E-state index contributed by atoms with van der Waals surface area (Å²) in [6, 6.07) is 18.3. The van der Waals surface area contributed by atoms with E-state index >= 15 is 0 Å². The minimum atomic E-state index is -2.44. The third-order valence-electron chi connectivity index (χ3n) is 3.09. The van der Waals surface area contributed by atoms with Gasteiger partial charge in [-0.25, -0.2) is 0 Å². The first-order valence-corrected chi connectivity index (χ1v) is 8.44. The van der Waals surface area contributed by atoms with E-state index in [9.17, 15) is 8.78 Å². The molecule has 3 nitrogen and oxygen atoms in total. The number of para-hydroxylation sites is 1. The first kappa shape index (κ1) is 18.2. The summed E-state index contributed by atoms with van der Waals surface area (Å²) in [5.41, 5.74) is 1.59. The van der Waals surface area contributed by atoms with Gasteiger partial charge in [0.15, 0.2) is 5.11 Å². The highest BCUT2D eigenvalue weighted by molar-refractivity contribution is 7.99. The van der Waals surface area contributed by atoms with Crippen molar-refractivity contribution < 1.29 is 8.78 Å². The molecule has 0 amide bonds. The fourth-order valence-electron chi connectivity index (χ4n) is 2.03. The number of anilines is 2. The van der Waals surface area contributed by atoms with Crippen molar-refractivity contribution in [3.05, 3.63) is 54.6 Å². The predicted molar refractivity (Wildman–Crippen MR) is 98.5 cm³/mol. The number of hydrogen-bond acceptors (Lipinski definition) is 3. The summed E-state index contributed by atoms with van der Waals surface area (Å²) in [5, 5.41) is 12.4. The molecule has 0 aromatic heterocycles. The molecule has 0 aliphatic heterocycles. The zero-order valence-corrected chi connectivity index (χ0v) is 14.3. The number of hydrogen-bond donors (Lipinski definition) is 1. The van der Waals surface area contributed by atoms with Gasteiger partial charge in [-0.15, -0.1) is 0 Å². The molecule has 2 aromatic carbocycles. The largest absolute Gasteiger partial charge is 0.332 e. The Labute approximate surface area is 149 Å². The molecule has 0 aliphatic carbocycles. The van der Waals surface area contributed by atoms with Crippen LogP contribution in [0.15, 0.2) is 59.5 Å². The SMILES string of the molecule is N#CCCN(C(=S)Nc1ccc(SC(F)F)cc1)c1ccccc1. The van der Waals surface area contributed by atoms with Crippen LogP contribution in [0.3, 0.4) is 0 Å². The van der Waals surface area contributed by atoms with Gasteiger partial charge in [0.1, 0.15) is 0 Å². The molecule has 0 unspecified atom stereocenters. The first-order chi connectivity index (χ1) is 11.6. The number of nitrogens with one attached hydrogen (secondary N) is 1. The second-order valence-corrected chi connectivity index (χ2v) is 6.18. The normalized spacial score (nSPS) is 10.2. The van der Waals surface area contributed by atoms with Gasteiger partial charge in [-0.3, -0.25) is 0 Å². The Morgan fingerprint density at radius 3 is 2.42 bits per heavy atom. The zero-order valence-electron chi connectivity index (χ0n) is 12.7. The lowest BCUT2D eigenvalue weighted by Gasteiger charge is -2.25. The highest BCUT2D eigenvalue weighted by Gasteiger charge is 2.12. The average molecular weight is 363 g/mol. The molecule has 24 heavy (non-hydrogen) atoms. The van der Waals surface area contributed by atoms with Crippen molar-refractivity contribution in [1.82, 2.24) is 0 Å². The van der Waals surface area contributed by atoms with E-state index in [1.807, 2.05) is 35.2 Å². The van der Waals surface area contributed by atoms with Gasteiger partial charge in [-0.2, -0.15) is 14.0 Å². The fourth-order valence-corrected chi connectivity index (χ4v) is 2.84. The number of thiocarbonyl (C=S) groups is 1. The van der Waals surface area contributed by atoms with Crippen LogP contribution in [0.4, 0.5) is 20.2 Å². The first-order valence-electron chi connectivity index (χ1n) is 7.15. The van der Waals surface area contributed by atoms with E-state index in [1.54, 1.807) is 24.3 Å². The minimum absolute atomic E-state index is 0.334. The van der Waals surface area contributed by atoms with E-state index in [1.165, 1.54) is 0 Å². The van der Waals surface area contributed by atoms with Crippen LogP contribution < -0.4 is 10.2 Å². The molecule has 124 valence electrons. The number of thioether (sulfide) groups is 1. The Morgan fingerprint density at radius 2 is 1.83 bits per heavy atom. The van der Waals surface area contributed by atoms with E-state index in [-0.39, 0.29) is 0 Å². The van der Waals surface area contributed by atoms with Gasteiger partial charge in [0.2, 0.25) is 0 Å². The number of alkyl halides is 2. The highest BCUT2D eigenvalue weighted by atomic mass is 32.2. The van der Waals surface area contributed by atoms with Crippen molar-refractivity contribution in [1.29, 1.82) is 5.26 Å². The van der Waals surface area contributed by atoms with Gasteiger partial charge >= 0.3 is 0 Å². The standard InChI is InChI=1S/C17H15F2N3S2/c18-16(19)24-15-9-7-13(8-10-15)21-17(23)22(12-4-11-20)14-5-2-1-3-6-14/h1-3,5-10,16H,4,12H2,(H,21,23). The van der Waals surface area contributed by atoms with Gasteiger partial charge in [0, 0.05) is 22.8 Å². The fraction of sp³-hybridized carbons (Fsp3) is 0.176. The Kier molecular flexibility index (Phi) is 6.97. The van der Waals surface area contributed by atoms with Gasteiger partial charge in [-0.1, -0.05) is 30.0 Å². The second-order valence-electron chi connectivity index (χ2n) is 4.73. The molecule has 0 saturated heterocycles. The summed E-state index contributed by atoms with van der Waals surface area (Å²) >= 11 is 5.94. The van der Waals surface area contributed by atoms with Crippen molar-refractivity contribution in [2.45, 2.75) is 17.1 Å². The molecule has 0 spiro atoms. The lowest BCUT2D eigenvalue weighted by atomic mass is 10.3. The smallest absolute Gasteiger partial charge is 0.288 e. The van der Waals surface area contributed by atoms with Crippen LogP contribution in [0.1, 0.15) is 6.42 Å². The number of nitrogens with zero attached hydrogens (tertiary/aromatic N) is 2. The quantitative estimate of drug-likeness (QED) is 0.570. The molecule has 0 heterocycles. The lowest BCUT2D eigenvalue weighted by Crippen LogP contribution is -2.35. The predicted octanol–water partition coefficient (Wildman–Crippen LogP) is 5.12. The maximum atomic E-state index is 12.3. The van der Waals surface area contributed by atoms with E-state index in [0.717, 1.165) is 5.69 Å². The number of rotatable bonds is 6. The molecular weight excluding hydrogens is 348 g/mol. The zero-order chi connectivity index (χ0) is 17.4. The maximum absolute atomic E-state index is 12.3. The Morgan fingerprint density at radius 1 is 1.17 bits per heavy atom. The molecule has 0 saturated carbocycles. The Bertz CT molecular complexity index is 700. The van der Waals surface area contributed by atoms with Crippen LogP contribution in [0.2, 0.25) is 0 Å². The molecule has 0 radical (unpaired) electrons. The van der Waals surface area contributed by atoms with E-state index < -0.39 is 5.76 Å². The molecule has 0 fully saturated rings. The molecule has 0 aliphatic rings. The van der Waals surface area contributed by atoms with E-state index in [0.29, 0.717) is 40.4 Å². The summed E-state index contributed by atoms with van der Waals surface area (Å²) in [5.74, 6) is -2.44. The van der Waals surface area contributed by atoms with Crippen LogP contribution >= 0.6 is 24.0 Å². The highest BCUT2D eigenvalue weighted by Crippen LogP contribution is 2.26. The number of benzene rings is 2. The second kappa shape index (κ2) is 9.21. The van der Waals surface area contributed by atoms with Crippen LogP contribution in [0.25, 0.3) is 0 Å². The van der Waals surface area contributed by atoms with Gasteiger partial charge in [-0.05, 0) is 48.6 Å². The molecule has 2 rings (SSSR count). The lowest BCUT2D eigenvalue weighted by molar-refractivity contribution is 0.252. The van der Waals surface area contributed by atoms with Crippen molar-refractivity contribution in [3.63, 3.8) is 0 Å². The Balaban J connectivity index is 2.08. The van der Waals surface area contributed by atoms with Gasteiger partial charge < -0.3 is 10.2 Å². The average Bonchev–Trinajstić information content (AvgIpc) is 2.57. The van der Waals surface area contributed by atoms with Crippen molar-refractivity contribution in [2.24, 2.45) is 0 Å². The Hall–Kier alpha value is -2.17. The molecular formula is C17H15F2N3S2.